The van der Waals surface area contributed by atoms with Gasteiger partial charge in [0.2, 0.25) is 15.9 Å². The lowest BCUT2D eigenvalue weighted by Crippen LogP contribution is -2.37. The van der Waals surface area contributed by atoms with Crippen LogP contribution in [-0.4, -0.2) is 40.3 Å². The molecule has 0 fully saturated rings. The Morgan fingerprint density at radius 2 is 1.77 bits per heavy atom. The van der Waals surface area contributed by atoms with Crippen LogP contribution in [-0.2, 0) is 14.8 Å². The summed E-state index contributed by atoms with van der Waals surface area (Å²) in [7, 11) is -3.61. The predicted molar refractivity (Wildman–Crippen MR) is 107 cm³/mol. The van der Waals surface area contributed by atoms with Gasteiger partial charge >= 0.3 is 0 Å². The molecule has 1 heterocycles. The number of rotatable bonds is 5. The number of nitrogens with one attached hydrogen (secondary N) is 1. The van der Waals surface area contributed by atoms with Gasteiger partial charge in [-0.05, 0) is 59.0 Å². The molecule has 2 aromatic carbocycles. The number of hydrogen-bond acceptors (Lipinski definition) is 5. The predicted octanol–water partition coefficient (Wildman–Crippen LogP) is 2.47. The van der Waals surface area contributed by atoms with Crippen LogP contribution in [0.4, 0.5) is 11.4 Å². The topological polar surface area (TPSA) is 84.9 Å². The lowest BCUT2D eigenvalue weighted by Gasteiger charge is -2.22. The number of ether oxygens (including phenoxy) is 2. The average Bonchev–Trinajstić information content (AvgIpc) is 2.59. The smallest absolute Gasteiger partial charge is 0.245 e. The molecule has 138 valence electrons. The minimum atomic E-state index is -3.61. The second kappa shape index (κ2) is 7.70. The molecule has 2 aromatic rings. The number of fused-ring (bicyclic) bond motifs is 1. The molecule has 0 unspecified atom stereocenters. The van der Waals surface area contributed by atoms with Crippen LogP contribution >= 0.6 is 22.6 Å². The molecule has 1 aliphatic heterocycles. The minimum absolute atomic E-state index is 0.326. The van der Waals surface area contributed by atoms with Crippen molar-refractivity contribution in [3.8, 4) is 11.5 Å². The summed E-state index contributed by atoms with van der Waals surface area (Å²) in [6.45, 7) is 0.602. The highest BCUT2D eigenvalue weighted by Crippen LogP contribution is 2.32. The quantitative estimate of drug-likeness (QED) is 0.654. The maximum Gasteiger partial charge on any atom is 0.245 e. The summed E-state index contributed by atoms with van der Waals surface area (Å²) in [4.78, 5) is 12.4. The van der Waals surface area contributed by atoms with Gasteiger partial charge in [0.15, 0.2) is 11.5 Å². The van der Waals surface area contributed by atoms with Crippen molar-refractivity contribution in [3.05, 3.63) is 46.0 Å². The van der Waals surface area contributed by atoms with Gasteiger partial charge in [0.25, 0.3) is 0 Å². The SMILES string of the molecule is CS(=O)(=O)N(CC(=O)Nc1ccc2c(c1)OCCO2)c1ccc(I)cc1. The van der Waals surface area contributed by atoms with E-state index in [1.54, 1.807) is 42.5 Å². The standard InChI is InChI=1S/C17H17IN2O5S/c1-26(22,23)20(14-5-2-12(18)3-6-14)11-17(21)19-13-4-7-15-16(10-13)25-9-8-24-15/h2-7,10H,8-9,11H2,1H3,(H,19,21). The monoisotopic (exact) mass is 488 g/mol. The summed E-state index contributed by atoms with van der Waals surface area (Å²) in [5, 5.41) is 2.69. The molecule has 0 radical (unpaired) electrons. The van der Waals surface area contributed by atoms with Crippen LogP contribution in [0.15, 0.2) is 42.5 Å². The van der Waals surface area contributed by atoms with Gasteiger partial charge in [-0.3, -0.25) is 9.10 Å². The van der Waals surface area contributed by atoms with Crippen LogP contribution in [0.3, 0.4) is 0 Å². The number of carbonyl (C=O) groups is 1. The maximum atomic E-state index is 12.4. The van der Waals surface area contributed by atoms with Gasteiger partial charge in [-0.25, -0.2) is 8.42 Å². The van der Waals surface area contributed by atoms with Gasteiger partial charge in [-0.15, -0.1) is 0 Å². The van der Waals surface area contributed by atoms with Crippen molar-refractivity contribution in [2.45, 2.75) is 0 Å². The molecule has 7 nitrogen and oxygen atoms in total. The van der Waals surface area contributed by atoms with E-state index in [0.717, 1.165) is 14.1 Å². The Hall–Kier alpha value is -2.01. The molecular formula is C17H17IN2O5S. The van der Waals surface area contributed by atoms with E-state index in [-0.39, 0.29) is 6.54 Å². The molecule has 3 rings (SSSR count). The van der Waals surface area contributed by atoms with Gasteiger partial charge in [-0.2, -0.15) is 0 Å². The third kappa shape index (κ3) is 4.58. The van der Waals surface area contributed by atoms with E-state index in [4.69, 9.17) is 9.47 Å². The molecule has 0 atom stereocenters. The summed E-state index contributed by atoms with van der Waals surface area (Å²) in [6, 6.07) is 11.9. The minimum Gasteiger partial charge on any atom is -0.486 e. The number of benzene rings is 2. The van der Waals surface area contributed by atoms with E-state index in [0.29, 0.717) is 36.1 Å². The molecule has 9 heteroatoms. The normalized spacial score (nSPS) is 13.2. The first kappa shape index (κ1) is 18.8. The lowest BCUT2D eigenvalue weighted by atomic mass is 10.2. The lowest BCUT2D eigenvalue weighted by molar-refractivity contribution is -0.114. The van der Waals surface area contributed by atoms with Crippen molar-refractivity contribution < 1.29 is 22.7 Å². The average molecular weight is 488 g/mol. The molecule has 0 aromatic heterocycles. The van der Waals surface area contributed by atoms with Gasteiger partial charge in [0, 0.05) is 15.3 Å². The Bertz CT molecular complexity index is 915. The summed E-state index contributed by atoms with van der Waals surface area (Å²) >= 11 is 2.13. The molecule has 1 aliphatic rings. The maximum absolute atomic E-state index is 12.4. The van der Waals surface area contributed by atoms with Gasteiger partial charge in [0.1, 0.15) is 19.8 Å². The molecule has 0 spiro atoms. The zero-order valence-electron chi connectivity index (χ0n) is 13.9. The van der Waals surface area contributed by atoms with Gasteiger partial charge < -0.3 is 14.8 Å². The van der Waals surface area contributed by atoms with Crippen LogP contribution in [0.5, 0.6) is 11.5 Å². The number of amides is 1. The number of anilines is 2. The van der Waals surface area contributed by atoms with Gasteiger partial charge in [0.05, 0.1) is 11.9 Å². The molecule has 26 heavy (non-hydrogen) atoms. The number of nitrogens with zero attached hydrogens (tertiary/aromatic N) is 1. The van der Waals surface area contributed by atoms with Crippen LogP contribution in [0.25, 0.3) is 0 Å². The van der Waals surface area contributed by atoms with Crippen molar-refractivity contribution in [1.82, 2.24) is 0 Å². The Balaban J connectivity index is 1.75. The number of carbonyl (C=O) groups excluding carboxylic acids is 1. The first-order valence-electron chi connectivity index (χ1n) is 7.76. The van der Waals surface area contributed by atoms with Crippen molar-refractivity contribution >= 4 is 49.9 Å². The molecule has 0 bridgehead atoms. The highest BCUT2D eigenvalue weighted by molar-refractivity contribution is 14.1. The summed E-state index contributed by atoms with van der Waals surface area (Å²) < 4.78 is 37.2. The van der Waals surface area contributed by atoms with E-state index in [9.17, 15) is 13.2 Å². The molecular weight excluding hydrogens is 471 g/mol. The van der Waals surface area contributed by atoms with Crippen molar-refractivity contribution in [1.29, 1.82) is 0 Å². The molecule has 0 aliphatic carbocycles. The molecule has 0 saturated heterocycles. The van der Waals surface area contributed by atoms with Crippen molar-refractivity contribution in [2.75, 3.05) is 35.6 Å². The Morgan fingerprint density at radius 1 is 1.12 bits per heavy atom. The summed E-state index contributed by atoms with van der Waals surface area (Å²) in [5.74, 6) is 0.711. The number of halogens is 1. The Morgan fingerprint density at radius 3 is 2.42 bits per heavy atom. The largest absolute Gasteiger partial charge is 0.486 e. The summed E-state index contributed by atoms with van der Waals surface area (Å²) in [5.41, 5.74) is 0.945. The molecule has 1 N–H and O–H groups in total. The van der Waals surface area contributed by atoms with E-state index in [2.05, 4.69) is 27.9 Å². The molecule has 0 saturated carbocycles. The Labute approximate surface area is 165 Å². The number of hydrogen-bond donors (Lipinski definition) is 1. The number of sulfonamides is 1. The highest BCUT2D eigenvalue weighted by atomic mass is 127. The van der Waals surface area contributed by atoms with E-state index >= 15 is 0 Å². The van der Waals surface area contributed by atoms with Crippen LogP contribution < -0.4 is 19.1 Å². The molecule has 1 amide bonds. The fraction of sp³-hybridized carbons (Fsp3) is 0.235. The van der Waals surface area contributed by atoms with Gasteiger partial charge in [-0.1, -0.05) is 0 Å². The van der Waals surface area contributed by atoms with Crippen LogP contribution in [0.2, 0.25) is 0 Å². The first-order valence-corrected chi connectivity index (χ1v) is 10.7. The van der Waals surface area contributed by atoms with Crippen LogP contribution in [0.1, 0.15) is 0 Å². The van der Waals surface area contributed by atoms with E-state index in [1.165, 1.54) is 0 Å². The zero-order valence-corrected chi connectivity index (χ0v) is 16.9. The fourth-order valence-corrected chi connectivity index (χ4v) is 3.68. The summed E-state index contributed by atoms with van der Waals surface area (Å²) in [6.07, 6.45) is 1.07. The Kier molecular flexibility index (Phi) is 5.56. The van der Waals surface area contributed by atoms with Crippen molar-refractivity contribution in [2.24, 2.45) is 0 Å². The second-order valence-corrected chi connectivity index (χ2v) is 8.81. The highest BCUT2D eigenvalue weighted by Gasteiger charge is 2.21. The van der Waals surface area contributed by atoms with E-state index in [1.807, 2.05) is 0 Å². The third-order valence-corrected chi connectivity index (χ3v) is 5.49. The van der Waals surface area contributed by atoms with Crippen molar-refractivity contribution in [3.63, 3.8) is 0 Å². The third-order valence-electron chi connectivity index (χ3n) is 3.63. The fourth-order valence-electron chi connectivity index (χ4n) is 2.46. The van der Waals surface area contributed by atoms with E-state index < -0.39 is 15.9 Å². The first-order chi connectivity index (χ1) is 12.3. The van der Waals surface area contributed by atoms with Crippen LogP contribution in [0, 0.1) is 3.57 Å². The zero-order chi connectivity index (χ0) is 18.7. The second-order valence-electron chi connectivity index (χ2n) is 5.65.